The molecule has 0 unspecified atom stereocenters. The lowest BCUT2D eigenvalue weighted by Crippen LogP contribution is -2.44. The van der Waals surface area contributed by atoms with Crippen molar-refractivity contribution in [3.05, 3.63) is 35.6 Å². The molecule has 4 nitrogen and oxygen atoms in total. The lowest BCUT2D eigenvalue weighted by Gasteiger charge is -2.38. The molecule has 0 bridgehead atoms. The number of halogens is 2. The molecular weight excluding hydrogens is 331 g/mol. The van der Waals surface area contributed by atoms with Crippen LogP contribution in [0.15, 0.2) is 24.3 Å². The van der Waals surface area contributed by atoms with Crippen LogP contribution in [-0.4, -0.2) is 42.8 Å². The molecule has 0 aromatic heterocycles. The van der Waals surface area contributed by atoms with Crippen LogP contribution >= 0.6 is 12.4 Å². The number of piperidine rings is 1. The Bertz CT molecular complexity index is 575. The second-order valence-corrected chi connectivity index (χ2v) is 6.74. The van der Waals surface area contributed by atoms with E-state index in [1.54, 1.807) is 0 Å². The Hall–Kier alpha value is -1.46. The maximum Gasteiger partial charge on any atom is 0.223 e. The normalized spacial score (nSPS) is 19.1. The zero-order chi connectivity index (χ0) is 16.3. The van der Waals surface area contributed by atoms with Crippen molar-refractivity contribution in [1.29, 1.82) is 0 Å². The molecule has 6 heteroatoms. The predicted molar refractivity (Wildman–Crippen MR) is 92.9 cm³/mol. The zero-order valence-electron chi connectivity index (χ0n) is 13.7. The van der Waals surface area contributed by atoms with Crippen LogP contribution in [0.5, 0.6) is 0 Å². The van der Waals surface area contributed by atoms with Crippen molar-refractivity contribution >= 4 is 24.1 Å². The van der Waals surface area contributed by atoms with Crippen LogP contribution in [0.1, 0.15) is 42.5 Å². The molecule has 132 valence electrons. The van der Waals surface area contributed by atoms with E-state index in [1.165, 1.54) is 30.7 Å². The Morgan fingerprint density at radius 2 is 1.75 bits per heavy atom. The van der Waals surface area contributed by atoms with E-state index in [1.807, 2.05) is 4.90 Å². The predicted octanol–water partition coefficient (Wildman–Crippen LogP) is 2.81. The topological polar surface area (TPSA) is 49.4 Å². The van der Waals surface area contributed by atoms with Gasteiger partial charge >= 0.3 is 0 Å². The minimum absolute atomic E-state index is 0. The van der Waals surface area contributed by atoms with Crippen molar-refractivity contribution in [1.82, 2.24) is 10.2 Å². The van der Waals surface area contributed by atoms with Gasteiger partial charge in [0.1, 0.15) is 5.82 Å². The van der Waals surface area contributed by atoms with Gasteiger partial charge in [0, 0.05) is 38.0 Å². The average molecular weight is 355 g/mol. The quantitative estimate of drug-likeness (QED) is 0.846. The van der Waals surface area contributed by atoms with Gasteiger partial charge in [-0.3, -0.25) is 9.59 Å². The smallest absolute Gasteiger partial charge is 0.223 e. The molecule has 0 atom stereocenters. The molecule has 2 fully saturated rings. The Labute approximate surface area is 148 Å². The van der Waals surface area contributed by atoms with Crippen molar-refractivity contribution in [2.75, 3.05) is 26.2 Å². The van der Waals surface area contributed by atoms with Crippen LogP contribution in [0.2, 0.25) is 0 Å². The van der Waals surface area contributed by atoms with E-state index in [4.69, 9.17) is 0 Å². The molecule has 0 saturated carbocycles. The first-order valence-corrected chi connectivity index (χ1v) is 8.35. The third-order valence-corrected chi connectivity index (χ3v) is 5.24. The number of rotatable bonds is 4. The van der Waals surface area contributed by atoms with Gasteiger partial charge in [0.2, 0.25) is 5.91 Å². The number of ketones is 1. The van der Waals surface area contributed by atoms with Gasteiger partial charge in [-0.1, -0.05) is 0 Å². The summed E-state index contributed by atoms with van der Waals surface area (Å²) in [4.78, 5) is 26.2. The molecule has 1 amide bonds. The summed E-state index contributed by atoms with van der Waals surface area (Å²) in [5.74, 6) is -0.408. The standard InChI is InChI=1S/C18H23FN2O2.ClH/c19-15-3-1-14(2-4-15)16(22)5-6-17(23)21-11-8-18(9-12-21)7-10-20-13-18;/h1-4,20H,5-13H2;1H. The number of benzene rings is 1. The molecule has 1 aromatic rings. The SMILES string of the molecule is Cl.O=C(CCC(=O)N1CCC2(CCNC2)CC1)c1ccc(F)cc1. The summed E-state index contributed by atoms with van der Waals surface area (Å²) >= 11 is 0. The Morgan fingerprint density at radius 3 is 2.33 bits per heavy atom. The van der Waals surface area contributed by atoms with E-state index < -0.39 is 0 Å². The first-order valence-electron chi connectivity index (χ1n) is 8.35. The van der Waals surface area contributed by atoms with Crippen molar-refractivity contribution in [2.45, 2.75) is 32.1 Å². The van der Waals surface area contributed by atoms with E-state index in [9.17, 15) is 14.0 Å². The van der Waals surface area contributed by atoms with Crippen LogP contribution in [0, 0.1) is 11.2 Å². The first kappa shape index (κ1) is 18.9. The van der Waals surface area contributed by atoms with E-state index in [0.717, 1.165) is 39.0 Å². The summed E-state index contributed by atoms with van der Waals surface area (Å²) in [6.45, 7) is 3.74. The van der Waals surface area contributed by atoms with Gasteiger partial charge in [-0.05, 0) is 55.5 Å². The highest BCUT2D eigenvalue weighted by Gasteiger charge is 2.37. The number of hydrogen-bond donors (Lipinski definition) is 1. The maximum atomic E-state index is 12.9. The molecule has 1 aromatic carbocycles. The minimum Gasteiger partial charge on any atom is -0.343 e. The summed E-state index contributed by atoms with van der Waals surface area (Å²) in [7, 11) is 0. The molecule has 2 heterocycles. The lowest BCUT2D eigenvalue weighted by molar-refractivity contribution is -0.133. The van der Waals surface area contributed by atoms with Crippen LogP contribution in [0.4, 0.5) is 4.39 Å². The van der Waals surface area contributed by atoms with Crippen LogP contribution in [-0.2, 0) is 4.79 Å². The van der Waals surface area contributed by atoms with E-state index in [2.05, 4.69) is 5.32 Å². The summed E-state index contributed by atoms with van der Waals surface area (Å²) in [5.41, 5.74) is 0.856. The largest absolute Gasteiger partial charge is 0.343 e. The van der Waals surface area contributed by atoms with E-state index in [0.29, 0.717) is 11.0 Å². The van der Waals surface area contributed by atoms with Gasteiger partial charge in [-0.2, -0.15) is 0 Å². The van der Waals surface area contributed by atoms with Crippen molar-refractivity contribution in [2.24, 2.45) is 5.41 Å². The number of carbonyl (C=O) groups excluding carboxylic acids is 2. The van der Waals surface area contributed by atoms with Gasteiger partial charge in [0.25, 0.3) is 0 Å². The molecule has 1 N–H and O–H groups in total. The van der Waals surface area contributed by atoms with Crippen molar-refractivity contribution in [3.8, 4) is 0 Å². The zero-order valence-corrected chi connectivity index (χ0v) is 14.5. The monoisotopic (exact) mass is 354 g/mol. The molecule has 2 aliphatic heterocycles. The number of nitrogens with one attached hydrogen (secondary N) is 1. The van der Waals surface area contributed by atoms with Gasteiger partial charge in [-0.25, -0.2) is 4.39 Å². The third kappa shape index (κ3) is 4.33. The molecule has 3 rings (SSSR count). The molecular formula is C18H24ClFN2O2. The summed E-state index contributed by atoms with van der Waals surface area (Å²) < 4.78 is 12.9. The Kier molecular flexibility index (Phi) is 6.35. The average Bonchev–Trinajstić information content (AvgIpc) is 3.02. The van der Waals surface area contributed by atoms with Crippen molar-refractivity contribution < 1.29 is 14.0 Å². The van der Waals surface area contributed by atoms with Crippen LogP contribution in [0.3, 0.4) is 0 Å². The van der Waals surface area contributed by atoms with Gasteiger partial charge in [0.15, 0.2) is 5.78 Å². The molecule has 0 aliphatic carbocycles. The van der Waals surface area contributed by atoms with E-state index >= 15 is 0 Å². The lowest BCUT2D eigenvalue weighted by atomic mass is 9.78. The number of amides is 1. The van der Waals surface area contributed by atoms with Crippen LogP contribution < -0.4 is 5.32 Å². The molecule has 1 spiro atoms. The maximum absolute atomic E-state index is 12.9. The fourth-order valence-corrected chi connectivity index (χ4v) is 3.61. The summed E-state index contributed by atoms with van der Waals surface area (Å²) in [5, 5.41) is 3.41. The first-order chi connectivity index (χ1) is 11.1. The number of Topliss-reactive ketones (excluding diaryl/α,β-unsaturated/α-hetero) is 1. The summed E-state index contributed by atoms with van der Waals surface area (Å²) in [6.07, 6.45) is 3.74. The second-order valence-electron chi connectivity index (χ2n) is 6.74. The van der Waals surface area contributed by atoms with Gasteiger partial charge in [0.05, 0.1) is 0 Å². The fraction of sp³-hybridized carbons (Fsp3) is 0.556. The van der Waals surface area contributed by atoms with Gasteiger partial charge < -0.3 is 10.2 Å². The molecule has 24 heavy (non-hydrogen) atoms. The van der Waals surface area contributed by atoms with Crippen molar-refractivity contribution in [3.63, 3.8) is 0 Å². The number of hydrogen-bond acceptors (Lipinski definition) is 3. The highest BCUT2D eigenvalue weighted by molar-refractivity contribution is 5.97. The number of likely N-dealkylation sites (tertiary alicyclic amines) is 1. The van der Waals surface area contributed by atoms with Gasteiger partial charge in [-0.15, -0.1) is 12.4 Å². The fourth-order valence-electron chi connectivity index (χ4n) is 3.61. The third-order valence-electron chi connectivity index (χ3n) is 5.24. The van der Waals surface area contributed by atoms with E-state index in [-0.39, 0.29) is 42.8 Å². The summed E-state index contributed by atoms with van der Waals surface area (Å²) in [6, 6.07) is 5.49. The second kappa shape index (κ2) is 8.08. The molecule has 2 saturated heterocycles. The minimum atomic E-state index is -0.360. The van der Waals surface area contributed by atoms with Crippen LogP contribution in [0.25, 0.3) is 0 Å². The Balaban J connectivity index is 0.00000208. The molecule has 2 aliphatic rings. The molecule has 0 radical (unpaired) electrons. The highest BCUT2D eigenvalue weighted by Crippen LogP contribution is 2.37. The number of nitrogens with zero attached hydrogens (tertiary/aromatic N) is 1. The highest BCUT2D eigenvalue weighted by atomic mass is 35.5. The Morgan fingerprint density at radius 1 is 1.08 bits per heavy atom. The number of carbonyl (C=O) groups is 2.